The number of benzene rings is 2. The van der Waals surface area contributed by atoms with Crippen LogP contribution < -0.4 is 10.2 Å². The maximum Gasteiger partial charge on any atom is 0.226 e. The van der Waals surface area contributed by atoms with E-state index in [4.69, 9.17) is 11.6 Å². The fourth-order valence-electron chi connectivity index (χ4n) is 3.73. The molecule has 3 rings (SSSR count). The number of halogens is 1. The van der Waals surface area contributed by atoms with Crippen LogP contribution in [0.5, 0.6) is 0 Å². The zero-order valence-corrected chi connectivity index (χ0v) is 18.7. The van der Waals surface area contributed by atoms with E-state index in [1.165, 1.54) is 22.4 Å². The summed E-state index contributed by atoms with van der Waals surface area (Å²) < 4.78 is 0. The molecule has 0 radical (unpaired) electrons. The van der Waals surface area contributed by atoms with Crippen LogP contribution in [-0.4, -0.2) is 43.9 Å². The van der Waals surface area contributed by atoms with Crippen LogP contribution in [0, 0.1) is 5.41 Å². The molecule has 1 amide bonds. The average Bonchev–Trinajstić information content (AvgIpc) is 2.73. The fourth-order valence-corrected chi connectivity index (χ4v) is 3.85. The van der Waals surface area contributed by atoms with Gasteiger partial charge < -0.3 is 10.2 Å². The number of anilines is 1. The largest absolute Gasteiger partial charge is 0.378 e. The fraction of sp³-hybridized carbons (Fsp3) is 0.458. The second kappa shape index (κ2) is 9.19. The van der Waals surface area contributed by atoms with E-state index in [9.17, 15) is 4.79 Å². The Morgan fingerprint density at radius 1 is 1.14 bits per heavy atom. The van der Waals surface area contributed by atoms with Crippen LogP contribution in [0.25, 0.3) is 0 Å². The lowest BCUT2D eigenvalue weighted by Gasteiger charge is -2.36. The molecule has 156 valence electrons. The summed E-state index contributed by atoms with van der Waals surface area (Å²) in [5.74, 6) is 0.304. The Balaban J connectivity index is 1.82. The van der Waals surface area contributed by atoms with Crippen LogP contribution >= 0.6 is 11.6 Å². The van der Waals surface area contributed by atoms with Crippen molar-refractivity contribution in [1.29, 1.82) is 0 Å². The Hall–Kier alpha value is -2.04. The molecule has 1 heterocycles. The molecule has 29 heavy (non-hydrogen) atoms. The SMILES string of the molecule is CN(C)c1ccc([C@@H](CNC(=O)C(C)(C)CCl)N2CCc3ccccc3C2)cc1. The van der Waals surface area contributed by atoms with E-state index < -0.39 is 5.41 Å². The van der Waals surface area contributed by atoms with Crippen molar-refractivity contribution in [3.8, 4) is 0 Å². The molecule has 0 fully saturated rings. The normalized spacial score (nSPS) is 15.5. The predicted molar refractivity (Wildman–Crippen MR) is 122 cm³/mol. The quantitative estimate of drug-likeness (QED) is 0.690. The number of hydrogen-bond acceptors (Lipinski definition) is 3. The van der Waals surface area contributed by atoms with Gasteiger partial charge in [-0.05, 0) is 49.1 Å². The monoisotopic (exact) mass is 413 g/mol. The molecule has 0 bridgehead atoms. The Kier molecular flexibility index (Phi) is 6.86. The molecule has 1 N–H and O–H groups in total. The van der Waals surface area contributed by atoms with Gasteiger partial charge in [-0.2, -0.15) is 0 Å². The molecular formula is C24H32ClN3O. The topological polar surface area (TPSA) is 35.6 Å². The van der Waals surface area contributed by atoms with Crippen molar-refractivity contribution in [2.24, 2.45) is 5.41 Å². The lowest BCUT2D eigenvalue weighted by atomic mass is 9.94. The van der Waals surface area contributed by atoms with Gasteiger partial charge in [0.15, 0.2) is 0 Å². The minimum atomic E-state index is -0.574. The van der Waals surface area contributed by atoms with Crippen LogP contribution in [0.15, 0.2) is 48.5 Å². The molecule has 2 aromatic carbocycles. The van der Waals surface area contributed by atoms with E-state index in [0.717, 1.165) is 19.5 Å². The van der Waals surface area contributed by atoms with Crippen molar-refractivity contribution >= 4 is 23.2 Å². The lowest BCUT2D eigenvalue weighted by Crippen LogP contribution is -2.44. The summed E-state index contributed by atoms with van der Waals surface area (Å²) in [6, 6.07) is 17.4. The van der Waals surface area contributed by atoms with Gasteiger partial charge >= 0.3 is 0 Å². The van der Waals surface area contributed by atoms with Crippen molar-refractivity contribution in [3.05, 3.63) is 65.2 Å². The molecular weight excluding hydrogens is 382 g/mol. The maximum absolute atomic E-state index is 12.6. The third-order valence-electron chi connectivity index (χ3n) is 5.80. The van der Waals surface area contributed by atoms with Crippen LogP contribution in [0.1, 0.15) is 36.6 Å². The highest BCUT2D eigenvalue weighted by Crippen LogP contribution is 2.29. The van der Waals surface area contributed by atoms with Crippen molar-refractivity contribution in [2.75, 3.05) is 38.0 Å². The summed E-state index contributed by atoms with van der Waals surface area (Å²) in [6.07, 6.45) is 1.03. The van der Waals surface area contributed by atoms with Gasteiger partial charge in [0, 0.05) is 45.3 Å². The molecule has 2 aromatic rings. The molecule has 0 aliphatic carbocycles. The molecule has 0 aromatic heterocycles. The number of hydrogen-bond donors (Lipinski definition) is 1. The first-order valence-corrected chi connectivity index (χ1v) is 10.8. The van der Waals surface area contributed by atoms with Gasteiger partial charge in [-0.3, -0.25) is 9.69 Å². The summed E-state index contributed by atoms with van der Waals surface area (Å²) in [4.78, 5) is 17.2. The highest BCUT2D eigenvalue weighted by atomic mass is 35.5. The average molecular weight is 414 g/mol. The van der Waals surface area contributed by atoms with Crippen LogP contribution in [0.2, 0.25) is 0 Å². The van der Waals surface area contributed by atoms with Crippen molar-refractivity contribution in [3.63, 3.8) is 0 Å². The number of nitrogens with one attached hydrogen (secondary N) is 1. The van der Waals surface area contributed by atoms with Crippen LogP contribution in [-0.2, 0) is 17.8 Å². The molecule has 0 saturated carbocycles. The number of alkyl halides is 1. The Labute approximate surface area is 179 Å². The van der Waals surface area contributed by atoms with E-state index in [0.29, 0.717) is 12.4 Å². The summed E-state index contributed by atoms with van der Waals surface area (Å²) in [5.41, 5.74) is 4.62. The Morgan fingerprint density at radius 2 is 1.79 bits per heavy atom. The molecule has 1 aliphatic heterocycles. The van der Waals surface area contributed by atoms with E-state index >= 15 is 0 Å². The minimum absolute atomic E-state index is 0.000166. The first-order valence-electron chi connectivity index (χ1n) is 10.2. The van der Waals surface area contributed by atoms with Crippen molar-refractivity contribution in [2.45, 2.75) is 32.9 Å². The zero-order valence-electron chi connectivity index (χ0n) is 17.9. The molecule has 0 spiro atoms. The summed E-state index contributed by atoms with van der Waals surface area (Å²) >= 11 is 6.00. The number of rotatable bonds is 7. The number of carbonyl (C=O) groups is 1. The number of fused-ring (bicyclic) bond motifs is 1. The van der Waals surface area contributed by atoms with Crippen molar-refractivity contribution in [1.82, 2.24) is 10.2 Å². The van der Waals surface area contributed by atoms with E-state index in [-0.39, 0.29) is 11.9 Å². The second-order valence-corrected chi connectivity index (χ2v) is 8.99. The third-order valence-corrected chi connectivity index (χ3v) is 6.47. The standard InChI is InChI=1S/C24H32ClN3O/c1-24(2,17-25)23(29)26-15-22(19-9-11-21(12-10-19)27(3)4)28-14-13-18-7-5-6-8-20(18)16-28/h5-12,22H,13-17H2,1-4H3,(H,26,29)/t22-/m1/s1. The Morgan fingerprint density at radius 3 is 2.41 bits per heavy atom. The first kappa shape index (κ1) is 21.7. The molecule has 1 atom stereocenters. The van der Waals surface area contributed by atoms with Gasteiger partial charge in [0.2, 0.25) is 5.91 Å². The van der Waals surface area contributed by atoms with Gasteiger partial charge in [0.05, 0.1) is 11.5 Å². The van der Waals surface area contributed by atoms with E-state index in [1.807, 2.05) is 27.9 Å². The zero-order chi connectivity index (χ0) is 21.0. The van der Waals surface area contributed by atoms with Gasteiger partial charge in [-0.25, -0.2) is 0 Å². The maximum atomic E-state index is 12.6. The van der Waals surface area contributed by atoms with Crippen LogP contribution in [0.4, 0.5) is 5.69 Å². The molecule has 1 aliphatic rings. The van der Waals surface area contributed by atoms with Gasteiger partial charge in [0.25, 0.3) is 0 Å². The second-order valence-electron chi connectivity index (χ2n) is 8.72. The summed E-state index contributed by atoms with van der Waals surface area (Å²) in [7, 11) is 4.09. The summed E-state index contributed by atoms with van der Waals surface area (Å²) in [6.45, 7) is 6.21. The molecule has 0 unspecified atom stereocenters. The van der Waals surface area contributed by atoms with Gasteiger partial charge in [-0.1, -0.05) is 36.4 Å². The summed E-state index contributed by atoms with van der Waals surface area (Å²) in [5, 5.41) is 3.16. The molecule has 5 heteroatoms. The van der Waals surface area contributed by atoms with E-state index in [2.05, 4.69) is 63.6 Å². The Bertz CT molecular complexity index is 832. The highest BCUT2D eigenvalue weighted by molar-refractivity contribution is 6.19. The third kappa shape index (κ3) is 5.12. The van der Waals surface area contributed by atoms with Gasteiger partial charge in [0.1, 0.15) is 0 Å². The first-order chi connectivity index (χ1) is 13.8. The number of amides is 1. The smallest absolute Gasteiger partial charge is 0.226 e. The van der Waals surface area contributed by atoms with Crippen molar-refractivity contribution < 1.29 is 4.79 Å². The minimum Gasteiger partial charge on any atom is -0.378 e. The molecule has 4 nitrogen and oxygen atoms in total. The number of nitrogens with zero attached hydrogens (tertiary/aromatic N) is 2. The predicted octanol–water partition coefficient (Wildman–Crippen LogP) is 4.23. The molecule has 0 saturated heterocycles. The van der Waals surface area contributed by atoms with E-state index in [1.54, 1.807) is 0 Å². The van der Waals surface area contributed by atoms with Gasteiger partial charge in [-0.15, -0.1) is 11.6 Å². The number of carbonyl (C=O) groups excluding carboxylic acids is 1. The lowest BCUT2D eigenvalue weighted by molar-refractivity contribution is -0.128. The highest BCUT2D eigenvalue weighted by Gasteiger charge is 2.29. The van der Waals surface area contributed by atoms with Crippen LogP contribution in [0.3, 0.4) is 0 Å².